The van der Waals surface area contributed by atoms with E-state index in [4.69, 9.17) is 22.1 Å². The van der Waals surface area contributed by atoms with Crippen molar-refractivity contribution in [2.75, 3.05) is 7.05 Å². The fourth-order valence-electron chi connectivity index (χ4n) is 2.29. The van der Waals surface area contributed by atoms with E-state index in [9.17, 15) is 35.5 Å². The number of carbonyl (C=O) groups is 1. The highest BCUT2D eigenvalue weighted by atomic mass is 35.5. The zero-order valence-electron chi connectivity index (χ0n) is 15.5. The number of carboxylic acid groups (broad SMARTS) is 1. The number of hydrogen-bond donors (Lipinski definition) is 3. The Labute approximate surface area is 178 Å². The van der Waals surface area contributed by atoms with E-state index in [-0.39, 0.29) is 21.8 Å². The van der Waals surface area contributed by atoms with E-state index >= 15 is 0 Å². The molecule has 0 unspecified atom stereocenters. The molecule has 0 aliphatic carbocycles. The van der Waals surface area contributed by atoms with Gasteiger partial charge in [0.25, 0.3) is 0 Å². The number of aromatic carboxylic acids is 1. The molecule has 0 saturated heterocycles. The van der Waals surface area contributed by atoms with Crippen LogP contribution in [0.25, 0.3) is 17.1 Å². The van der Waals surface area contributed by atoms with Gasteiger partial charge in [-0.15, -0.1) is 5.10 Å². The van der Waals surface area contributed by atoms with Crippen molar-refractivity contribution in [3.05, 3.63) is 40.7 Å². The van der Waals surface area contributed by atoms with Crippen molar-refractivity contribution in [1.82, 2.24) is 20.3 Å². The van der Waals surface area contributed by atoms with E-state index < -0.39 is 42.0 Å². The van der Waals surface area contributed by atoms with Crippen molar-refractivity contribution in [2.45, 2.75) is 18.7 Å². The molecule has 1 aromatic carbocycles. The summed E-state index contributed by atoms with van der Waals surface area (Å²) in [6.45, 7) is -3.87. The van der Waals surface area contributed by atoms with Crippen LogP contribution in [0.15, 0.2) is 30.2 Å². The minimum absolute atomic E-state index is 0.0838. The summed E-state index contributed by atoms with van der Waals surface area (Å²) in [5, 5.41) is 25.3. The van der Waals surface area contributed by atoms with Crippen LogP contribution in [0.5, 0.6) is 0 Å². The molecule has 16 heteroatoms. The summed E-state index contributed by atoms with van der Waals surface area (Å²) in [4.78, 5) is 11.2. The maximum absolute atomic E-state index is 13.6. The third-order valence-electron chi connectivity index (χ3n) is 3.77. The van der Waals surface area contributed by atoms with Gasteiger partial charge in [0.1, 0.15) is 5.69 Å². The van der Waals surface area contributed by atoms with Gasteiger partial charge in [-0.25, -0.2) is 9.48 Å². The highest BCUT2D eigenvalue weighted by Crippen LogP contribution is 2.39. The van der Waals surface area contributed by atoms with Crippen molar-refractivity contribution in [2.24, 2.45) is 0 Å². The Morgan fingerprint density at radius 3 is 2.41 bits per heavy atom. The van der Waals surface area contributed by atoms with Gasteiger partial charge in [0.15, 0.2) is 17.3 Å². The summed E-state index contributed by atoms with van der Waals surface area (Å²) in [6, 6.07) is 3.56. The minimum Gasteiger partial charge on any atom is -0.478 e. The molecule has 0 atom stereocenters. The van der Waals surface area contributed by atoms with Gasteiger partial charge in [-0.3, -0.25) is 5.41 Å². The normalized spacial score (nSPS) is 13.1. The van der Waals surface area contributed by atoms with Crippen LogP contribution in [0, 0.1) is 5.41 Å². The lowest BCUT2D eigenvalue weighted by atomic mass is 10.1. The molecule has 0 aliphatic heterocycles. The van der Waals surface area contributed by atoms with Crippen molar-refractivity contribution in [3.63, 3.8) is 0 Å². The highest BCUT2D eigenvalue weighted by molar-refractivity contribution is 6.33. The predicted molar refractivity (Wildman–Crippen MR) is 95.5 cm³/mol. The molecule has 2 rings (SSSR count). The van der Waals surface area contributed by atoms with Crippen LogP contribution < -0.4 is 5.32 Å². The van der Waals surface area contributed by atoms with Crippen LogP contribution >= 0.6 is 11.6 Å². The lowest BCUT2D eigenvalue weighted by molar-refractivity contribution is -0.250. The van der Waals surface area contributed by atoms with Crippen LogP contribution in [0.3, 0.4) is 0 Å². The smallest absolute Gasteiger partial charge is 0.459 e. The number of ether oxygens (including phenoxy) is 1. The van der Waals surface area contributed by atoms with Crippen LogP contribution in [0.1, 0.15) is 10.4 Å². The summed E-state index contributed by atoms with van der Waals surface area (Å²) in [7, 11) is 0.954. The fourth-order valence-corrected chi connectivity index (χ4v) is 2.49. The molecular formula is C16H11ClF7N5O3. The molecule has 2 aromatic rings. The zero-order valence-corrected chi connectivity index (χ0v) is 16.3. The van der Waals surface area contributed by atoms with Gasteiger partial charge in [0, 0.05) is 12.6 Å². The zero-order chi connectivity index (χ0) is 24.4. The van der Waals surface area contributed by atoms with Gasteiger partial charge >= 0.3 is 24.7 Å². The van der Waals surface area contributed by atoms with Crippen molar-refractivity contribution in [3.8, 4) is 11.3 Å². The predicted octanol–water partition coefficient (Wildman–Crippen LogP) is 4.10. The summed E-state index contributed by atoms with van der Waals surface area (Å²) in [5.41, 5.74) is -2.99. The van der Waals surface area contributed by atoms with Crippen LogP contribution in [-0.2, 0) is 4.74 Å². The van der Waals surface area contributed by atoms with E-state index in [1.807, 2.05) is 0 Å². The fraction of sp³-hybridized carbons (Fsp3) is 0.250. The van der Waals surface area contributed by atoms with E-state index in [1.165, 1.54) is 12.1 Å². The number of carboxylic acids is 1. The molecular weight excluding hydrogens is 479 g/mol. The lowest BCUT2D eigenvalue weighted by Gasteiger charge is -2.23. The first kappa shape index (κ1) is 24.9. The molecule has 3 N–H and O–H groups in total. The Hall–Kier alpha value is -3.36. The largest absolute Gasteiger partial charge is 0.478 e. The Kier molecular flexibility index (Phi) is 7.02. The number of halogens is 8. The Balaban J connectivity index is 2.62. The Bertz CT molecular complexity index is 1070. The first-order valence-electron chi connectivity index (χ1n) is 8.07. The second kappa shape index (κ2) is 9.02. The quantitative estimate of drug-likeness (QED) is 0.292. The highest BCUT2D eigenvalue weighted by Gasteiger charge is 2.62. The molecule has 0 spiro atoms. The maximum Gasteiger partial charge on any atom is 0.459 e. The Morgan fingerprint density at radius 1 is 1.28 bits per heavy atom. The summed E-state index contributed by atoms with van der Waals surface area (Å²) in [5.74, 6) is -10.1. The second-order valence-electron chi connectivity index (χ2n) is 5.80. The summed E-state index contributed by atoms with van der Waals surface area (Å²) >= 11 is 5.75. The van der Waals surface area contributed by atoms with Gasteiger partial charge in [-0.1, -0.05) is 22.9 Å². The summed E-state index contributed by atoms with van der Waals surface area (Å²) < 4.78 is 94.9. The molecule has 8 nitrogen and oxygen atoms in total. The number of allylic oxidation sites excluding steroid dienone is 1. The van der Waals surface area contributed by atoms with Crippen molar-refractivity contribution < 1.29 is 45.4 Å². The lowest BCUT2D eigenvalue weighted by Crippen LogP contribution is -2.45. The van der Waals surface area contributed by atoms with Gasteiger partial charge < -0.3 is 15.2 Å². The van der Waals surface area contributed by atoms with Crippen LogP contribution in [0.4, 0.5) is 30.7 Å². The van der Waals surface area contributed by atoms with E-state index in [2.05, 4.69) is 20.4 Å². The van der Waals surface area contributed by atoms with E-state index in [0.717, 1.165) is 19.3 Å². The minimum atomic E-state index is -6.27. The topological polar surface area (TPSA) is 113 Å². The summed E-state index contributed by atoms with van der Waals surface area (Å²) in [6.07, 6.45) is -5.39. The van der Waals surface area contributed by atoms with Crippen LogP contribution in [0.2, 0.25) is 5.02 Å². The molecule has 0 aliphatic rings. The number of nitrogens with zero attached hydrogens (tertiary/aromatic N) is 3. The first-order valence-corrected chi connectivity index (χ1v) is 8.45. The SMILES string of the molecule is CN/C(=C(/OC(F)F)C(=N)C(F)(F)C(F)(F)F)n1cc(-c2ccc(Cl)c(C(=O)O)c2)nn1. The number of rotatable bonds is 8. The third kappa shape index (κ3) is 4.92. The molecule has 1 heterocycles. The molecule has 174 valence electrons. The number of benzene rings is 1. The van der Waals surface area contributed by atoms with Gasteiger partial charge in [-0.05, 0) is 12.1 Å². The third-order valence-corrected chi connectivity index (χ3v) is 4.10. The molecule has 0 saturated carbocycles. The molecule has 1 aromatic heterocycles. The van der Waals surface area contributed by atoms with E-state index in [0.29, 0.717) is 4.68 Å². The van der Waals surface area contributed by atoms with E-state index in [1.54, 1.807) is 0 Å². The van der Waals surface area contributed by atoms with Gasteiger partial charge in [-0.2, -0.15) is 30.7 Å². The standard InChI is InChI=1S/C16H11ClF7N5O3/c1-26-12(10(32-14(18)19)11(25)15(20,21)16(22,23)24)29-5-9(27-28-29)6-2-3-8(17)7(4-6)13(30)31/h2-5,14,25-26H,1H3,(H,30,31)/b12-10-,25-11?. The van der Waals surface area contributed by atoms with Crippen LogP contribution in [-0.4, -0.2) is 57.5 Å². The first-order chi connectivity index (χ1) is 14.7. The molecule has 32 heavy (non-hydrogen) atoms. The number of aromatic nitrogens is 3. The van der Waals surface area contributed by atoms with Gasteiger partial charge in [0.2, 0.25) is 0 Å². The number of alkyl halides is 7. The second-order valence-corrected chi connectivity index (χ2v) is 6.21. The molecule has 0 fully saturated rings. The molecule has 0 radical (unpaired) electrons. The number of nitrogens with one attached hydrogen (secondary N) is 2. The van der Waals surface area contributed by atoms with Crippen molar-refractivity contribution >= 4 is 29.1 Å². The van der Waals surface area contributed by atoms with Gasteiger partial charge in [0.05, 0.1) is 16.8 Å². The number of hydrogen-bond acceptors (Lipinski definition) is 6. The molecule has 0 bridgehead atoms. The molecule has 0 amide bonds. The maximum atomic E-state index is 13.6. The Morgan fingerprint density at radius 2 is 1.91 bits per heavy atom. The average Bonchev–Trinajstić information content (AvgIpc) is 3.16. The average molecular weight is 490 g/mol. The monoisotopic (exact) mass is 489 g/mol. The van der Waals surface area contributed by atoms with Crippen molar-refractivity contribution in [1.29, 1.82) is 5.41 Å².